The first kappa shape index (κ1) is 5.34. The van der Waals surface area contributed by atoms with Crippen molar-refractivity contribution in [1.82, 2.24) is 19.8 Å². The number of hydrogen-bond donors (Lipinski definition) is 0. The van der Waals surface area contributed by atoms with Crippen molar-refractivity contribution in [3.8, 4) is 0 Å². The molecule has 0 unspecified atom stereocenters. The van der Waals surface area contributed by atoms with Crippen molar-refractivity contribution < 1.29 is 0 Å². The van der Waals surface area contributed by atoms with E-state index in [1.54, 1.807) is 16.9 Å². The van der Waals surface area contributed by atoms with Crippen LogP contribution in [0.1, 0.15) is 5.82 Å². The third kappa shape index (κ3) is 0.586. The Balaban J connectivity index is 2.93. The lowest BCUT2D eigenvalue weighted by Gasteiger charge is -1.88. The summed E-state index contributed by atoms with van der Waals surface area (Å²) in [5.41, 5.74) is 0.979. The van der Waals surface area contributed by atoms with Crippen molar-refractivity contribution >= 4 is 5.52 Å². The molecule has 2 aromatic heterocycles. The number of rotatable bonds is 0. The van der Waals surface area contributed by atoms with Crippen LogP contribution in [-0.4, -0.2) is 19.8 Å². The molecular weight excluding hydrogens is 128 g/mol. The minimum atomic E-state index is 0.864. The molecule has 4 nitrogen and oxygen atoms in total. The fourth-order valence-corrected chi connectivity index (χ4v) is 0.877. The molecule has 0 aliphatic carbocycles. The van der Waals surface area contributed by atoms with E-state index in [1.165, 1.54) is 0 Å². The summed E-state index contributed by atoms with van der Waals surface area (Å²) in [4.78, 5) is 4.06. The average molecular weight is 134 g/mol. The van der Waals surface area contributed by atoms with E-state index in [0.29, 0.717) is 0 Å². The molecule has 4 heteroatoms. The van der Waals surface area contributed by atoms with Crippen LogP contribution >= 0.6 is 0 Å². The molecule has 0 aliphatic heterocycles. The maximum Gasteiger partial charge on any atom is 0.129 e. The molecule has 10 heavy (non-hydrogen) atoms. The van der Waals surface area contributed by atoms with E-state index >= 15 is 0 Å². The third-order valence-electron chi connectivity index (χ3n) is 1.39. The Labute approximate surface area is 57.5 Å². The fraction of sp³-hybridized carbons (Fsp3) is 0.167. The zero-order valence-electron chi connectivity index (χ0n) is 5.52. The minimum Gasteiger partial charge on any atom is -0.239 e. The van der Waals surface area contributed by atoms with Crippen molar-refractivity contribution in [3.63, 3.8) is 0 Å². The first-order valence-corrected chi connectivity index (χ1v) is 3.00. The highest BCUT2D eigenvalue weighted by atomic mass is 15.4. The number of nitrogens with zero attached hydrogens (tertiary/aromatic N) is 4. The minimum absolute atomic E-state index is 0.864. The predicted octanol–water partition coefficient (Wildman–Crippen LogP) is 0.433. The monoisotopic (exact) mass is 134 g/mol. The van der Waals surface area contributed by atoms with E-state index in [4.69, 9.17) is 0 Å². The zero-order valence-corrected chi connectivity index (χ0v) is 5.52. The van der Waals surface area contributed by atoms with Gasteiger partial charge in [0.1, 0.15) is 5.82 Å². The molecule has 0 fully saturated rings. The molecule has 0 saturated heterocycles. The van der Waals surface area contributed by atoms with Gasteiger partial charge in [0.25, 0.3) is 0 Å². The molecule has 2 heterocycles. The number of imidazole rings is 1. The SMILES string of the molecule is Cc1ncc2ccnnn12. The van der Waals surface area contributed by atoms with E-state index in [2.05, 4.69) is 15.3 Å². The molecule has 0 radical (unpaired) electrons. The second kappa shape index (κ2) is 1.76. The summed E-state index contributed by atoms with van der Waals surface area (Å²) in [5, 5.41) is 7.56. The second-order valence-corrected chi connectivity index (χ2v) is 2.06. The van der Waals surface area contributed by atoms with Gasteiger partial charge in [-0.15, -0.1) is 5.10 Å². The molecule has 0 N–H and O–H groups in total. The van der Waals surface area contributed by atoms with Crippen molar-refractivity contribution in [3.05, 3.63) is 24.3 Å². The van der Waals surface area contributed by atoms with Gasteiger partial charge in [0.2, 0.25) is 0 Å². The highest BCUT2D eigenvalue weighted by Gasteiger charge is 1.95. The van der Waals surface area contributed by atoms with Gasteiger partial charge in [0.15, 0.2) is 0 Å². The molecule has 0 spiro atoms. The normalized spacial score (nSPS) is 10.5. The quantitative estimate of drug-likeness (QED) is 0.524. The van der Waals surface area contributed by atoms with Gasteiger partial charge in [-0.1, -0.05) is 5.21 Å². The summed E-state index contributed by atoms with van der Waals surface area (Å²) in [6.45, 7) is 1.89. The van der Waals surface area contributed by atoms with Gasteiger partial charge < -0.3 is 0 Å². The lowest BCUT2D eigenvalue weighted by atomic mass is 10.5. The molecular formula is C6H6N4. The van der Waals surface area contributed by atoms with Crippen LogP contribution in [0.15, 0.2) is 18.5 Å². The van der Waals surface area contributed by atoms with E-state index in [0.717, 1.165) is 11.3 Å². The Morgan fingerprint density at radius 1 is 1.50 bits per heavy atom. The Bertz CT molecular complexity index is 351. The maximum atomic E-state index is 4.06. The van der Waals surface area contributed by atoms with Crippen LogP contribution in [-0.2, 0) is 0 Å². The van der Waals surface area contributed by atoms with Crippen LogP contribution < -0.4 is 0 Å². The summed E-state index contributed by atoms with van der Waals surface area (Å²) in [7, 11) is 0. The van der Waals surface area contributed by atoms with Crippen LogP contribution in [0.5, 0.6) is 0 Å². The van der Waals surface area contributed by atoms with Crippen LogP contribution in [0.25, 0.3) is 5.52 Å². The largest absolute Gasteiger partial charge is 0.239 e. The summed E-state index contributed by atoms with van der Waals surface area (Å²) >= 11 is 0. The lowest BCUT2D eigenvalue weighted by molar-refractivity contribution is 0.776. The van der Waals surface area contributed by atoms with Gasteiger partial charge in [-0.2, -0.15) is 4.52 Å². The molecule has 0 atom stereocenters. The van der Waals surface area contributed by atoms with Gasteiger partial charge in [0, 0.05) is 0 Å². The Kier molecular flexibility index (Phi) is 0.943. The topological polar surface area (TPSA) is 43.1 Å². The molecule has 0 saturated carbocycles. The van der Waals surface area contributed by atoms with E-state index in [-0.39, 0.29) is 0 Å². The molecule has 50 valence electrons. The lowest BCUT2D eigenvalue weighted by Crippen LogP contribution is -1.94. The van der Waals surface area contributed by atoms with Crippen LogP contribution in [0.2, 0.25) is 0 Å². The van der Waals surface area contributed by atoms with Gasteiger partial charge >= 0.3 is 0 Å². The summed E-state index contributed by atoms with van der Waals surface area (Å²) in [6.07, 6.45) is 3.42. The smallest absolute Gasteiger partial charge is 0.129 e. The number of hydrogen-bond acceptors (Lipinski definition) is 3. The first-order valence-electron chi connectivity index (χ1n) is 3.00. The van der Waals surface area contributed by atoms with E-state index in [1.807, 2.05) is 13.0 Å². The molecule has 0 aromatic carbocycles. The van der Waals surface area contributed by atoms with Crippen molar-refractivity contribution in [2.75, 3.05) is 0 Å². The van der Waals surface area contributed by atoms with Crippen molar-refractivity contribution in [2.45, 2.75) is 6.92 Å². The molecule has 0 bridgehead atoms. The average Bonchev–Trinajstić information content (AvgIpc) is 2.34. The summed E-state index contributed by atoms with van der Waals surface area (Å²) in [5.74, 6) is 0.864. The zero-order chi connectivity index (χ0) is 6.97. The van der Waals surface area contributed by atoms with Crippen LogP contribution in [0.4, 0.5) is 0 Å². The Morgan fingerprint density at radius 2 is 2.40 bits per heavy atom. The number of aryl methyl sites for hydroxylation is 1. The standard InChI is InChI=1S/C6H6N4/c1-5-7-4-6-2-3-8-9-10(5)6/h2-4H,1H3. The van der Waals surface area contributed by atoms with E-state index in [9.17, 15) is 0 Å². The van der Waals surface area contributed by atoms with Crippen LogP contribution in [0.3, 0.4) is 0 Å². The molecule has 0 aliphatic rings. The second-order valence-electron chi connectivity index (χ2n) is 2.06. The molecule has 2 aromatic rings. The summed E-state index contributed by atoms with van der Waals surface area (Å²) < 4.78 is 1.69. The number of aromatic nitrogens is 4. The first-order chi connectivity index (χ1) is 4.88. The fourth-order valence-electron chi connectivity index (χ4n) is 0.877. The van der Waals surface area contributed by atoms with Gasteiger partial charge in [0.05, 0.1) is 17.9 Å². The van der Waals surface area contributed by atoms with Crippen LogP contribution in [0, 0.1) is 6.92 Å². The number of fused-ring (bicyclic) bond motifs is 1. The Hall–Kier alpha value is -1.45. The van der Waals surface area contributed by atoms with Crippen molar-refractivity contribution in [2.24, 2.45) is 0 Å². The molecule has 2 rings (SSSR count). The van der Waals surface area contributed by atoms with Gasteiger partial charge in [-0.05, 0) is 13.0 Å². The third-order valence-corrected chi connectivity index (χ3v) is 1.39. The van der Waals surface area contributed by atoms with Gasteiger partial charge in [-0.25, -0.2) is 4.98 Å². The van der Waals surface area contributed by atoms with Gasteiger partial charge in [-0.3, -0.25) is 0 Å². The summed E-state index contributed by atoms with van der Waals surface area (Å²) in [6, 6.07) is 1.87. The maximum absolute atomic E-state index is 4.06. The highest BCUT2D eigenvalue weighted by Crippen LogP contribution is 1.99. The predicted molar refractivity (Wildman–Crippen MR) is 35.5 cm³/mol. The van der Waals surface area contributed by atoms with Crippen molar-refractivity contribution in [1.29, 1.82) is 0 Å². The Morgan fingerprint density at radius 3 is 3.20 bits per heavy atom. The molecule has 0 amide bonds. The van der Waals surface area contributed by atoms with E-state index < -0.39 is 0 Å². The highest BCUT2D eigenvalue weighted by molar-refractivity contribution is 5.42.